The van der Waals surface area contributed by atoms with Crippen molar-refractivity contribution in [1.29, 1.82) is 0 Å². The fourth-order valence-electron chi connectivity index (χ4n) is 1.93. The molecule has 88 valence electrons. The summed E-state index contributed by atoms with van der Waals surface area (Å²) in [7, 11) is 0. The van der Waals surface area contributed by atoms with Gasteiger partial charge in [-0.3, -0.25) is 4.79 Å². The van der Waals surface area contributed by atoms with E-state index >= 15 is 0 Å². The van der Waals surface area contributed by atoms with E-state index in [1.807, 2.05) is 6.07 Å². The van der Waals surface area contributed by atoms with E-state index in [9.17, 15) is 4.79 Å². The maximum absolute atomic E-state index is 11.4. The van der Waals surface area contributed by atoms with E-state index in [-0.39, 0.29) is 5.56 Å². The summed E-state index contributed by atoms with van der Waals surface area (Å²) in [5.74, 6) is 0. The van der Waals surface area contributed by atoms with Crippen LogP contribution in [-0.4, -0.2) is 30.4 Å². The van der Waals surface area contributed by atoms with Crippen LogP contribution in [0.4, 0.5) is 0 Å². The third kappa shape index (κ3) is 3.18. The van der Waals surface area contributed by atoms with Crippen molar-refractivity contribution in [3.05, 3.63) is 34.7 Å². The van der Waals surface area contributed by atoms with E-state index in [4.69, 9.17) is 4.74 Å². The molecule has 1 N–H and O–H groups in total. The molecule has 1 aliphatic heterocycles. The monoisotopic (exact) mass is 222 g/mol. The van der Waals surface area contributed by atoms with Crippen LogP contribution in [0, 0.1) is 0 Å². The zero-order chi connectivity index (χ0) is 11.2. The summed E-state index contributed by atoms with van der Waals surface area (Å²) in [6.45, 7) is 3.27. The fraction of sp³-hybridized carbons (Fsp3) is 0.583. The van der Waals surface area contributed by atoms with Crippen LogP contribution in [0.25, 0.3) is 0 Å². The van der Waals surface area contributed by atoms with E-state index in [1.54, 1.807) is 22.9 Å². The molecule has 2 heterocycles. The number of hydrogen-bond acceptors (Lipinski definition) is 3. The number of pyridine rings is 1. The fourth-order valence-corrected chi connectivity index (χ4v) is 1.93. The number of aromatic nitrogens is 1. The Balaban J connectivity index is 1.75. The Morgan fingerprint density at radius 3 is 3.19 bits per heavy atom. The van der Waals surface area contributed by atoms with Gasteiger partial charge in [-0.25, -0.2) is 0 Å². The normalized spacial score (nSPS) is 20.9. The molecule has 0 spiro atoms. The highest BCUT2D eigenvalue weighted by atomic mass is 16.5. The molecule has 4 heteroatoms. The van der Waals surface area contributed by atoms with Gasteiger partial charge in [-0.1, -0.05) is 6.07 Å². The minimum Gasteiger partial charge on any atom is -0.375 e. The van der Waals surface area contributed by atoms with Crippen LogP contribution < -0.4 is 10.9 Å². The highest BCUT2D eigenvalue weighted by Gasteiger charge is 2.12. The predicted molar refractivity (Wildman–Crippen MR) is 62.5 cm³/mol. The largest absolute Gasteiger partial charge is 0.375 e. The number of piperidine rings is 1. The molecule has 1 aliphatic rings. The maximum atomic E-state index is 11.4. The first-order chi connectivity index (χ1) is 7.86. The molecule has 0 saturated carbocycles. The lowest BCUT2D eigenvalue weighted by molar-refractivity contribution is 0.0321. The highest BCUT2D eigenvalue weighted by molar-refractivity contribution is 4.92. The van der Waals surface area contributed by atoms with Gasteiger partial charge in [0, 0.05) is 25.4 Å². The van der Waals surface area contributed by atoms with Crippen molar-refractivity contribution in [2.75, 3.05) is 19.7 Å². The van der Waals surface area contributed by atoms with Crippen molar-refractivity contribution in [3.63, 3.8) is 0 Å². The first kappa shape index (κ1) is 11.4. The van der Waals surface area contributed by atoms with Crippen LogP contribution in [0.5, 0.6) is 0 Å². The summed E-state index contributed by atoms with van der Waals surface area (Å²) in [5.41, 5.74) is 0.0351. The minimum atomic E-state index is 0.0351. The Morgan fingerprint density at radius 2 is 2.44 bits per heavy atom. The molecular weight excluding hydrogens is 204 g/mol. The lowest BCUT2D eigenvalue weighted by Gasteiger charge is -2.23. The SMILES string of the molecule is O=c1ccccn1CCOC1CCCNC1. The third-order valence-corrected chi connectivity index (χ3v) is 2.84. The van der Waals surface area contributed by atoms with E-state index in [0.29, 0.717) is 19.3 Å². The molecule has 0 bridgehead atoms. The predicted octanol–water partition coefficient (Wildman–Crippen LogP) is 0.617. The molecule has 1 saturated heterocycles. The molecule has 1 unspecified atom stereocenters. The summed E-state index contributed by atoms with van der Waals surface area (Å²) in [4.78, 5) is 11.4. The average Bonchev–Trinajstić information content (AvgIpc) is 2.33. The van der Waals surface area contributed by atoms with Crippen LogP contribution in [0.3, 0.4) is 0 Å². The van der Waals surface area contributed by atoms with Crippen LogP contribution in [0.2, 0.25) is 0 Å². The van der Waals surface area contributed by atoms with Crippen LogP contribution >= 0.6 is 0 Å². The van der Waals surface area contributed by atoms with Crippen LogP contribution in [0.1, 0.15) is 12.8 Å². The second-order valence-corrected chi connectivity index (χ2v) is 4.07. The number of ether oxygens (including phenoxy) is 1. The highest BCUT2D eigenvalue weighted by Crippen LogP contribution is 2.05. The first-order valence-electron chi connectivity index (χ1n) is 5.84. The molecule has 0 aliphatic carbocycles. The molecule has 1 aromatic rings. The third-order valence-electron chi connectivity index (χ3n) is 2.84. The van der Waals surface area contributed by atoms with Gasteiger partial charge in [-0.05, 0) is 25.5 Å². The van der Waals surface area contributed by atoms with Gasteiger partial charge in [0.15, 0.2) is 0 Å². The molecule has 1 fully saturated rings. The molecule has 2 rings (SSSR count). The van der Waals surface area contributed by atoms with Gasteiger partial charge in [-0.15, -0.1) is 0 Å². The van der Waals surface area contributed by atoms with Gasteiger partial charge in [0.25, 0.3) is 5.56 Å². The second kappa shape index (κ2) is 5.82. The van der Waals surface area contributed by atoms with Gasteiger partial charge < -0.3 is 14.6 Å². The van der Waals surface area contributed by atoms with E-state index < -0.39 is 0 Å². The van der Waals surface area contributed by atoms with Crippen molar-refractivity contribution < 1.29 is 4.74 Å². The smallest absolute Gasteiger partial charge is 0.250 e. The molecular formula is C12H18N2O2. The Bertz CT molecular complexity index is 369. The topological polar surface area (TPSA) is 43.3 Å². The van der Waals surface area contributed by atoms with E-state index in [2.05, 4.69) is 5.32 Å². The molecule has 1 aromatic heterocycles. The van der Waals surface area contributed by atoms with Gasteiger partial charge >= 0.3 is 0 Å². The summed E-state index contributed by atoms with van der Waals surface area (Å²) in [5, 5.41) is 3.30. The Kier molecular flexibility index (Phi) is 4.13. The summed E-state index contributed by atoms with van der Waals surface area (Å²) >= 11 is 0. The van der Waals surface area contributed by atoms with Crippen LogP contribution in [0.15, 0.2) is 29.2 Å². The van der Waals surface area contributed by atoms with Gasteiger partial charge in [-0.2, -0.15) is 0 Å². The lowest BCUT2D eigenvalue weighted by Crippen LogP contribution is -2.36. The van der Waals surface area contributed by atoms with Gasteiger partial charge in [0.05, 0.1) is 12.7 Å². The van der Waals surface area contributed by atoms with Gasteiger partial charge in [0.1, 0.15) is 0 Å². The summed E-state index contributed by atoms with van der Waals surface area (Å²) < 4.78 is 7.40. The quantitative estimate of drug-likeness (QED) is 0.812. The van der Waals surface area contributed by atoms with Crippen LogP contribution in [-0.2, 0) is 11.3 Å². The van der Waals surface area contributed by atoms with Crippen molar-refractivity contribution in [2.24, 2.45) is 0 Å². The van der Waals surface area contributed by atoms with Crippen molar-refractivity contribution in [2.45, 2.75) is 25.5 Å². The Morgan fingerprint density at radius 1 is 1.50 bits per heavy atom. The number of hydrogen-bond donors (Lipinski definition) is 1. The van der Waals surface area contributed by atoms with Crippen molar-refractivity contribution in [1.82, 2.24) is 9.88 Å². The Labute approximate surface area is 95.2 Å². The Hall–Kier alpha value is -1.13. The molecule has 4 nitrogen and oxygen atoms in total. The lowest BCUT2D eigenvalue weighted by atomic mass is 10.1. The first-order valence-corrected chi connectivity index (χ1v) is 5.84. The van der Waals surface area contributed by atoms with Gasteiger partial charge in [0.2, 0.25) is 0 Å². The number of rotatable bonds is 4. The van der Waals surface area contributed by atoms with E-state index in [1.165, 1.54) is 6.42 Å². The minimum absolute atomic E-state index is 0.0351. The molecule has 0 aromatic carbocycles. The second-order valence-electron chi connectivity index (χ2n) is 4.07. The van der Waals surface area contributed by atoms with Crippen molar-refractivity contribution >= 4 is 0 Å². The number of nitrogens with one attached hydrogen (secondary N) is 1. The van der Waals surface area contributed by atoms with Crippen molar-refractivity contribution in [3.8, 4) is 0 Å². The average molecular weight is 222 g/mol. The molecule has 16 heavy (non-hydrogen) atoms. The van der Waals surface area contributed by atoms with E-state index in [0.717, 1.165) is 19.5 Å². The standard InChI is InChI=1S/C12H18N2O2/c15-12-5-1-2-7-14(12)8-9-16-11-4-3-6-13-10-11/h1-2,5,7,11,13H,3-4,6,8-10H2. The zero-order valence-corrected chi connectivity index (χ0v) is 9.39. The zero-order valence-electron chi connectivity index (χ0n) is 9.39. The summed E-state index contributed by atoms with van der Waals surface area (Å²) in [6.07, 6.45) is 4.41. The molecule has 0 radical (unpaired) electrons. The number of nitrogens with zero attached hydrogens (tertiary/aromatic N) is 1. The molecule has 0 amide bonds. The summed E-state index contributed by atoms with van der Waals surface area (Å²) in [6, 6.07) is 5.19. The maximum Gasteiger partial charge on any atom is 0.250 e. The molecule has 1 atom stereocenters.